The van der Waals surface area contributed by atoms with E-state index in [4.69, 9.17) is 9.84 Å². The lowest BCUT2D eigenvalue weighted by atomic mass is 10.1. The molecule has 0 saturated carbocycles. The maximum Gasteiger partial charge on any atom is 0.329 e. The Hall–Kier alpha value is -2.23. The number of carbonyl (C=O) groups excluding carboxylic acids is 1. The molecule has 1 aromatic rings. The van der Waals surface area contributed by atoms with E-state index < -0.39 is 5.97 Å². The molecule has 1 aliphatic rings. The van der Waals surface area contributed by atoms with E-state index in [2.05, 4.69) is 25.9 Å². The van der Waals surface area contributed by atoms with Crippen molar-refractivity contribution in [3.8, 4) is 0 Å². The summed E-state index contributed by atoms with van der Waals surface area (Å²) in [5, 5.41) is 24.4. The molecular formula is C10H16N6O4. The summed E-state index contributed by atoms with van der Waals surface area (Å²) in [5.41, 5.74) is 0. The molecule has 3 N–H and O–H groups in total. The van der Waals surface area contributed by atoms with Gasteiger partial charge in [0.15, 0.2) is 5.82 Å². The Bertz CT molecular complexity index is 443. The highest BCUT2D eigenvalue weighted by atomic mass is 16.5. The molecule has 0 atom stereocenters. The van der Waals surface area contributed by atoms with E-state index in [9.17, 15) is 9.59 Å². The van der Waals surface area contributed by atoms with Crippen LogP contribution in [0.15, 0.2) is 0 Å². The molecule has 0 aromatic carbocycles. The topological polar surface area (TPSA) is 133 Å². The maximum absolute atomic E-state index is 11.9. The zero-order chi connectivity index (χ0) is 14.4. The highest BCUT2D eigenvalue weighted by Crippen LogP contribution is 2.13. The molecule has 1 fully saturated rings. The van der Waals surface area contributed by atoms with Crippen LogP contribution in [0.5, 0.6) is 0 Å². The molecule has 10 heteroatoms. The minimum Gasteiger partial charge on any atom is -0.480 e. The molecule has 0 aliphatic carbocycles. The van der Waals surface area contributed by atoms with Gasteiger partial charge in [-0.3, -0.25) is 0 Å². The van der Waals surface area contributed by atoms with Gasteiger partial charge in [0.25, 0.3) is 0 Å². The van der Waals surface area contributed by atoms with Gasteiger partial charge in [0.05, 0.1) is 12.6 Å². The number of carbonyl (C=O) groups is 2. The van der Waals surface area contributed by atoms with Crippen LogP contribution in [0.1, 0.15) is 18.7 Å². The fourth-order valence-electron chi connectivity index (χ4n) is 1.94. The summed E-state index contributed by atoms with van der Waals surface area (Å²) in [6, 6.07) is -0.202. The van der Waals surface area contributed by atoms with Crippen LogP contribution in [0, 0.1) is 0 Å². The van der Waals surface area contributed by atoms with E-state index in [1.54, 1.807) is 4.90 Å². The number of urea groups is 1. The summed E-state index contributed by atoms with van der Waals surface area (Å²) in [6.07, 6.45) is 1.15. The lowest BCUT2D eigenvalue weighted by Crippen LogP contribution is -2.46. The number of aliphatic carboxylic acids is 1. The molecule has 0 bridgehead atoms. The van der Waals surface area contributed by atoms with Crippen LogP contribution < -0.4 is 5.32 Å². The average Bonchev–Trinajstić information content (AvgIpc) is 2.96. The number of nitrogens with one attached hydrogen (secondary N) is 2. The van der Waals surface area contributed by atoms with Crippen LogP contribution in [0.25, 0.3) is 0 Å². The van der Waals surface area contributed by atoms with Gasteiger partial charge in [0.2, 0.25) is 0 Å². The molecule has 2 rings (SSSR count). The zero-order valence-electron chi connectivity index (χ0n) is 10.8. The third-order valence-corrected chi connectivity index (χ3v) is 2.96. The molecule has 20 heavy (non-hydrogen) atoms. The number of aromatic nitrogens is 4. The predicted octanol–water partition coefficient (Wildman–Crippen LogP) is -1.03. The molecule has 2 amide bonds. The highest BCUT2D eigenvalue weighted by molar-refractivity contribution is 5.74. The van der Waals surface area contributed by atoms with Gasteiger partial charge in [-0.15, -0.1) is 10.2 Å². The van der Waals surface area contributed by atoms with Crippen molar-refractivity contribution in [3.05, 3.63) is 5.82 Å². The second kappa shape index (κ2) is 6.80. The zero-order valence-corrected chi connectivity index (χ0v) is 10.8. The monoisotopic (exact) mass is 284 g/mol. The van der Waals surface area contributed by atoms with Gasteiger partial charge >= 0.3 is 12.0 Å². The summed E-state index contributed by atoms with van der Waals surface area (Å²) in [7, 11) is 0. The number of nitrogens with zero attached hydrogens (tertiary/aromatic N) is 4. The summed E-state index contributed by atoms with van der Waals surface area (Å²) < 4.78 is 5.20. The van der Waals surface area contributed by atoms with Crippen molar-refractivity contribution in [3.63, 3.8) is 0 Å². The van der Waals surface area contributed by atoms with Crippen molar-refractivity contribution in [1.29, 1.82) is 0 Å². The van der Waals surface area contributed by atoms with Gasteiger partial charge in [-0.1, -0.05) is 5.21 Å². The van der Waals surface area contributed by atoms with Gasteiger partial charge in [0.1, 0.15) is 6.61 Å². The Morgan fingerprint density at radius 1 is 1.45 bits per heavy atom. The SMILES string of the molecule is O=C(O)COC1CCN(C(=O)NCc2nn[nH]n2)CC1. The molecule has 1 aromatic heterocycles. The molecule has 0 radical (unpaired) electrons. The summed E-state index contributed by atoms with van der Waals surface area (Å²) >= 11 is 0. The number of carboxylic acid groups (broad SMARTS) is 1. The van der Waals surface area contributed by atoms with Crippen molar-refractivity contribution in [1.82, 2.24) is 30.8 Å². The van der Waals surface area contributed by atoms with Crippen molar-refractivity contribution in [2.24, 2.45) is 0 Å². The third kappa shape index (κ3) is 4.16. The van der Waals surface area contributed by atoms with E-state index in [-0.39, 0.29) is 25.3 Å². The number of aromatic amines is 1. The summed E-state index contributed by atoms with van der Waals surface area (Å²) in [6.45, 7) is 0.976. The molecule has 2 heterocycles. The van der Waals surface area contributed by atoms with Crippen LogP contribution in [0.2, 0.25) is 0 Å². The summed E-state index contributed by atoms with van der Waals surface area (Å²) in [4.78, 5) is 23.9. The largest absolute Gasteiger partial charge is 0.480 e. The first-order valence-corrected chi connectivity index (χ1v) is 6.23. The average molecular weight is 284 g/mol. The number of likely N-dealkylation sites (tertiary alicyclic amines) is 1. The Labute approximate surface area is 114 Å². The molecule has 0 spiro atoms. The first kappa shape index (κ1) is 14.2. The Morgan fingerprint density at radius 3 is 2.80 bits per heavy atom. The van der Waals surface area contributed by atoms with Crippen LogP contribution in [0.3, 0.4) is 0 Å². The van der Waals surface area contributed by atoms with Crippen LogP contribution in [-0.2, 0) is 16.1 Å². The van der Waals surface area contributed by atoms with Gasteiger partial charge in [-0.2, -0.15) is 5.21 Å². The van der Waals surface area contributed by atoms with Crippen molar-refractivity contribution < 1.29 is 19.4 Å². The Kier molecular flexibility index (Phi) is 4.82. The van der Waals surface area contributed by atoms with Crippen LogP contribution >= 0.6 is 0 Å². The number of rotatable bonds is 5. The van der Waals surface area contributed by atoms with E-state index in [1.807, 2.05) is 0 Å². The minimum absolute atomic E-state index is 0.104. The number of hydrogen-bond donors (Lipinski definition) is 3. The number of tetrazole rings is 1. The van der Waals surface area contributed by atoms with Gasteiger partial charge in [0, 0.05) is 13.1 Å². The first-order valence-electron chi connectivity index (χ1n) is 6.23. The number of amides is 2. The molecule has 1 aliphatic heterocycles. The van der Waals surface area contributed by atoms with Crippen LogP contribution in [-0.4, -0.2) is 68.4 Å². The van der Waals surface area contributed by atoms with E-state index in [0.717, 1.165) is 0 Å². The lowest BCUT2D eigenvalue weighted by molar-refractivity contribution is -0.145. The third-order valence-electron chi connectivity index (χ3n) is 2.96. The number of H-pyrrole nitrogens is 1. The summed E-state index contributed by atoms with van der Waals surface area (Å²) in [5.74, 6) is -0.566. The van der Waals surface area contributed by atoms with E-state index in [1.165, 1.54) is 0 Å². The second-order valence-corrected chi connectivity index (χ2v) is 4.38. The Morgan fingerprint density at radius 2 is 2.20 bits per heavy atom. The van der Waals surface area contributed by atoms with Crippen LogP contribution in [0.4, 0.5) is 4.79 Å². The fraction of sp³-hybridized carbons (Fsp3) is 0.700. The van der Waals surface area contributed by atoms with Gasteiger partial charge in [-0.25, -0.2) is 9.59 Å². The molecule has 10 nitrogen and oxygen atoms in total. The number of carboxylic acids is 1. The molecular weight excluding hydrogens is 268 g/mol. The normalized spacial score (nSPS) is 16.1. The van der Waals surface area contributed by atoms with Crippen molar-refractivity contribution in [2.75, 3.05) is 19.7 Å². The maximum atomic E-state index is 11.9. The Balaban J connectivity index is 1.67. The standard InChI is InChI=1S/C10H16N6O4/c17-9(18)6-20-7-1-3-16(4-2-7)10(19)11-5-8-12-14-15-13-8/h7H,1-6H2,(H,11,19)(H,17,18)(H,12,13,14,15). The minimum atomic E-state index is -0.981. The first-order chi connectivity index (χ1) is 9.65. The highest BCUT2D eigenvalue weighted by Gasteiger charge is 2.23. The fourth-order valence-corrected chi connectivity index (χ4v) is 1.94. The van der Waals surface area contributed by atoms with E-state index in [0.29, 0.717) is 31.8 Å². The second-order valence-electron chi connectivity index (χ2n) is 4.38. The molecule has 1 saturated heterocycles. The number of hydrogen-bond acceptors (Lipinski definition) is 6. The van der Waals surface area contributed by atoms with Crippen molar-refractivity contribution >= 4 is 12.0 Å². The van der Waals surface area contributed by atoms with Gasteiger partial charge in [-0.05, 0) is 12.8 Å². The lowest BCUT2D eigenvalue weighted by Gasteiger charge is -2.31. The quantitative estimate of drug-likeness (QED) is 0.629. The number of ether oxygens (including phenoxy) is 1. The smallest absolute Gasteiger partial charge is 0.329 e. The van der Waals surface area contributed by atoms with E-state index >= 15 is 0 Å². The van der Waals surface area contributed by atoms with Crippen molar-refractivity contribution in [2.45, 2.75) is 25.5 Å². The predicted molar refractivity (Wildman–Crippen MR) is 64.6 cm³/mol. The molecule has 0 unspecified atom stereocenters. The van der Waals surface area contributed by atoms with Gasteiger partial charge < -0.3 is 20.1 Å². The number of piperidine rings is 1. The molecule has 110 valence electrons.